The molecule has 110 valence electrons. The summed E-state index contributed by atoms with van der Waals surface area (Å²) in [6.07, 6.45) is 0. The van der Waals surface area contributed by atoms with E-state index in [1.165, 1.54) is 15.3 Å². The normalized spacial score (nSPS) is 10.8. The highest BCUT2D eigenvalue weighted by Gasteiger charge is 2.12. The van der Waals surface area contributed by atoms with Crippen molar-refractivity contribution in [2.75, 3.05) is 5.73 Å². The second-order valence-corrected chi connectivity index (χ2v) is 6.63. The molecule has 1 aromatic heterocycles. The van der Waals surface area contributed by atoms with E-state index >= 15 is 0 Å². The Balaban J connectivity index is 0.00000200. The maximum absolute atomic E-state index is 5.85. The molecule has 0 spiro atoms. The van der Waals surface area contributed by atoms with Crippen LogP contribution in [-0.4, -0.2) is 10.9 Å². The van der Waals surface area contributed by atoms with Gasteiger partial charge in [0.2, 0.25) is 0 Å². The predicted octanol–water partition coefficient (Wildman–Crippen LogP) is 4.47. The molecule has 0 bridgehead atoms. The van der Waals surface area contributed by atoms with Gasteiger partial charge in [-0.1, -0.05) is 12.1 Å². The highest BCUT2D eigenvalue weighted by molar-refractivity contribution is 7.11. The van der Waals surface area contributed by atoms with Gasteiger partial charge in [0.05, 0.1) is 0 Å². The molecule has 2 nitrogen and oxygen atoms in total. The average Bonchev–Trinajstić information content (AvgIpc) is 2.74. The quantitative estimate of drug-likeness (QED) is 0.826. The SMILES string of the molecule is Cc1ccc(CN(Cc2cccc(N)c2)C(C)C)s1.Cl. The van der Waals surface area contributed by atoms with Crippen LogP contribution in [0.2, 0.25) is 0 Å². The maximum Gasteiger partial charge on any atom is 0.0334 e. The Morgan fingerprint density at radius 3 is 2.45 bits per heavy atom. The maximum atomic E-state index is 5.85. The molecule has 0 aliphatic heterocycles. The van der Waals surface area contributed by atoms with Crippen molar-refractivity contribution in [1.29, 1.82) is 0 Å². The third-order valence-electron chi connectivity index (χ3n) is 3.22. The van der Waals surface area contributed by atoms with E-state index in [9.17, 15) is 0 Å². The lowest BCUT2D eigenvalue weighted by atomic mass is 10.1. The molecule has 2 N–H and O–H groups in total. The summed E-state index contributed by atoms with van der Waals surface area (Å²) < 4.78 is 0. The Kier molecular flexibility index (Phi) is 6.53. The highest BCUT2D eigenvalue weighted by atomic mass is 35.5. The van der Waals surface area contributed by atoms with Gasteiger partial charge in [-0.05, 0) is 50.6 Å². The van der Waals surface area contributed by atoms with Gasteiger partial charge in [0, 0.05) is 34.6 Å². The molecule has 2 rings (SSSR count). The Morgan fingerprint density at radius 1 is 1.15 bits per heavy atom. The van der Waals surface area contributed by atoms with Crippen LogP contribution in [0.1, 0.15) is 29.2 Å². The van der Waals surface area contributed by atoms with Crippen molar-refractivity contribution in [1.82, 2.24) is 4.90 Å². The molecule has 20 heavy (non-hydrogen) atoms. The summed E-state index contributed by atoms with van der Waals surface area (Å²) in [5.74, 6) is 0. The minimum atomic E-state index is 0. The molecule has 0 saturated carbocycles. The van der Waals surface area contributed by atoms with Crippen LogP contribution < -0.4 is 5.73 Å². The van der Waals surface area contributed by atoms with Gasteiger partial charge in [-0.2, -0.15) is 0 Å². The fourth-order valence-corrected chi connectivity index (χ4v) is 3.03. The zero-order chi connectivity index (χ0) is 13.8. The van der Waals surface area contributed by atoms with Gasteiger partial charge in [-0.25, -0.2) is 0 Å². The first-order valence-corrected chi connectivity index (χ1v) is 7.50. The number of nitrogens with zero attached hydrogens (tertiary/aromatic N) is 1. The van der Waals surface area contributed by atoms with Crippen molar-refractivity contribution < 1.29 is 0 Å². The summed E-state index contributed by atoms with van der Waals surface area (Å²) in [6, 6.07) is 13.1. The highest BCUT2D eigenvalue weighted by Crippen LogP contribution is 2.20. The van der Waals surface area contributed by atoms with E-state index in [4.69, 9.17) is 5.73 Å². The predicted molar refractivity (Wildman–Crippen MR) is 91.5 cm³/mol. The second kappa shape index (κ2) is 7.67. The number of aryl methyl sites for hydroxylation is 1. The number of hydrogen-bond acceptors (Lipinski definition) is 3. The van der Waals surface area contributed by atoms with Crippen LogP contribution >= 0.6 is 23.7 Å². The number of hydrogen-bond donors (Lipinski definition) is 1. The third-order valence-corrected chi connectivity index (χ3v) is 4.21. The van der Waals surface area contributed by atoms with Gasteiger partial charge in [0.25, 0.3) is 0 Å². The molecule has 0 unspecified atom stereocenters. The second-order valence-electron chi connectivity index (χ2n) is 5.26. The molecule has 0 aliphatic rings. The van der Waals surface area contributed by atoms with Crippen molar-refractivity contribution in [3.05, 3.63) is 51.7 Å². The molecule has 1 heterocycles. The molecular weight excluding hydrogens is 288 g/mol. The molecular formula is C16H23ClN2S. The summed E-state index contributed by atoms with van der Waals surface area (Å²) in [6.45, 7) is 8.59. The lowest BCUT2D eigenvalue weighted by Gasteiger charge is -2.26. The first-order valence-electron chi connectivity index (χ1n) is 6.68. The summed E-state index contributed by atoms with van der Waals surface area (Å²) in [7, 11) is 0. The van der Waals surface area contributed by atoms with Gasteiger partial charge < -0.3 is 5.73 Å². The summed E-state index contributed by atoms with van der Waals surface area (Å²) >= 11 is 1.88. The molecule has 0 saturated heterocycles. The number of halogens is 1. The van der Waals surface area contributed by atoms with Crippen LogP contribution in [0.5, 0.6) is 0 Å². The molecule has 4 heteroatoms. The molecule has 0 aliphatic carbocycles. The van der Waals surface area contributed by atoms with E-state index in [-0.39, 0.29) is 12.4 Å². The van der Waals surface area contributed by atoms with Crippen LogP contribution in [0.4, 0.5) is 5.69 Å². The average molecular weight is 311 g/mol. The topological polar surface area (TPSA) is 29.3 Å². The molecule has 1 aromatic carbocycles. The molecule has 0 fully saturated rings. The van der Waals surface area contributed by atoms with E-state index < -0.39 is 0 Å². The lowest BCUT2D eigenvalue weighted by Crippen LogP contribution is -2.29. The Morgan fingerprint density at radius 2 is 1.90 bits per heavy atom. The minimum Gasteiger partial charge on any atom is -0.399 e. The van der Waals surface area contributed by atoms with Crippen molar-refractivity contribution in [2.45, 2.75) is 39.9 Å². The first-order chi connectivity index (χ1) is 9.04. The van der Waals surface area contributed by atoms with Gasteiger partial charge in [-0.3, -0.25) is 4.90 Å². The van der Waals surface area contributed by atoms with E-state index in [0.717, 1.165) is 18.8 Å². The molecule has 2 aromatic rings. The van der Waals surface area contributed by atoms with E-state index in [1.807, 2.05) is 23.5 Å². The van der Waals surface area contributed by atoms with E-state index in [0.29, 0.717) is 6.04 Å². The minimum absolute atomic E-state index is 0. The van der Waals surface area contributed by atoms with Crippen LogP contribution in [0.25, 0.3) is 0 Å². The van der Waals surface area contributed by atoms with Crippen LogP contribution in [0, 0.1) is 6.92 Å². The van der Waals surface area contributed by atoms with Crippen molar-refractivity contribution in [3.8, 4) is 0 Å². The number of nitrogens with two attached hydrogens (primary N) is 1. The molecule has 0 amide bonds. The van der Waals surface area contributed by atoms with Gasteiger partial charge >= 0.3 is 0 Å². The Bertz CT molecular complexity index is 537. The summed E-state index contributed by atoms with van der Waals surface area (Å²) in [5, 5.41) is 0. The number of thiophene rings is 1. The fraction of sp³-hybridized carbons (Fsp3) is 0.375. The van der Waals surface area contributed by atoms with Gasteiger partial charge in [-0.15, -0.1) is 23.7 Å². The number of anilines is 1. The number of benzene rings is 1. The molecule has 0 atom stereocenters. The Labute approximate surface area is 132 Å². The summed E-state index contributed by atoms with van der Waals surface area (Å²) in [5.41, 5.74) is 7.97. The zero-order valence-corrected chi connectivity index (χ0v) is 13.9. The zero-order valence-electron chi connectivity index (χ0n) is 12.3. The van der Waals surface area contributed by atoms with Crippen molar-refractivity contribution in [3.63, 3.8) is 0 Å². The van der Waals surface area contributed by atoms with Crippen LogP contribution in [0.3, 0.4) is 0 Å². The smallest absolute Gasteiger partial charge is 0.0334 e. The van der Waals surface area contributed by atoms with E-state index in [2.05, 4.69) is 49.9 Å². The fourth-order valence-electron chi connectivity index (χ4n) is 2.12. The Hall–Kier alpha value is -1.03. The first kappa shape index (κ1) is 17.0. The largest absolute Gasteiger partial charge is 0.399 e. The summed E-state index contributed by atoms with van der Waals surface area (Å²) in [4.78, 5) is 5.28. The van der Waals surface area contributed by atoms with Gasteiger partial charge in [0.15, 0.2) is 0 Å². The van der Waals surface area contributed by atoms with Crippen molar-refractivity contribution in [2.24, 2.45) is 0 Å². The number of rotatable bonds is 5. The lowest BCUT2D eigenvalue weighted by molar-refractivity contribution is 0.205. The van der Waals surface area contributed by atoms with Crippen LogP contribution in [-0.2, 0) is 13.1 Å². The standard InChI is InChI=1S/C16H22N2S.ClH/c1-12(2)18(11-16-8-7-13(3)19-16)10-14-5-4-6-15(17)9-14;/h4-9,12H,10-11,17H2,1-3H3;1H. The van der Waals surface area contributed by atoms with Crippen LogP contribution in [0.15, 0.2) is 36.4 Å². The van der Waals surface area contributed by atoms with Gasteiger partial charge in [0.1, 0.15) is 0 Å². The van der Waals surface area contributed by atoms with E-state index in [1.54, 1.807) is 0 Å². The third kappa shape index (κ3) is 4.82. The number of nitrogen functional groups attached to an aromatic ring is 1. The molecule has 0 radical (unpaired) electrons. The monoisotopic (exact) mass is 310 g/mol. The van der Waals surface area contributed by atoms with Crippen molar-refractivity contribution >= 4 is 29.4 Å².